The third-order valence-corrected chi connectivity index (χ3v) is 8.02. The van der Waals surface area contributed by atoms with Gasteiger partial charge in [0.05, 0.1) is 6.10 Å². The zero-order chi connectivity index (χ0) is 16.0. The quantitative estimate of drug-likeness (QED) is 0.424. The van der Waals surface area contributed by atoms with Gasteiger partial charge in [0.25, 0.3) is 0 Å². The summed E-state index contributed by atoms with van der Waals surface area (Å²) in [4.78, 5) is 10.9. The molecule has 3 heteroatoms. The van der Waals surface area contributed by atoms with Crippen LogP contribution in [0.15, 0.2) is 23.8 Å². The van der Waals surface area contributed by atoms with E-state index in [1.54, 1.807) is 0 Å². The van der Waals surface area contributed by atoms with Gasteiger partial charge in [0.15, 0.2) is 8.32 Å². The molecule has 0 spiro atoms. The normalized spacial score (nSPS) is 12.9. The Labute approximate surface area is 125 Å². The molecule has 0 rings (SSSR count). The lowest BCUT2D eigenvalue weighted by atomic mass is 10.1. The highest BCUT2D eigenvalue weighted by molar-refractivity contribution is 6.74. The molecule has 0 aromatic rings. The summed E-state index contributed by atoms with van der Waals surface area (Å²) in [5.41, 5.74) is 1.82. The molecular formula is C17H28O2Si. The molecule has 0 unspecified atom stereocenters. The molecule has 0 aromatic carbocycles. The molecule has 0 aliphatic carbocycles. The number of aldehydes is 1. The van der Waals surface area contributed by atoms with E-state index in [9.17, 15) is 4.79 Å². The summed E-state index contributed by atoms with van der Waals surface area (Å²) in [5.74, 6) is 5.95. The van der Waals surface area contributed by atoms with Crippen molar-refractivity contribution >= 4 is 14.6 Å². The van der Waals surface area contributed by atoms with Crippen molar-refractivity contribution in [2.45, 2.75) is 65.3 Å². The van der Waals surface area contributed by atoms with Crippen LogP contribution in [0.3, 0.4) is 0 Å². The largest absolute Gasteiger partial charge is 0.409 e. The second-order valence-corrected chi connectivity index (χ2v) is 11.5. The first kappa shape index (κ1) is 18.9. The summed E-state index contributed by atoms with van der Waals surface area (Å²) in [6.07, 6.45) is 2.74. The minimum Gasteiger partial charge on any atom is -0.409 e. The molecule has 20 heavy (non-hydrogen) atoms. The molecule has 0 fully saturated rings. The lowest BCUT2D eigenvalue weighted by molar-refractivity contribution is -0.108. The van der Waals surface area contributed by atoms with E-state index in [0.29, 0.717) is 12.0 Å². The van der Waals surface area contributed by atoms with Gasteiger partial charge in [-0.1, -0.05) is 44.8 Å². The molecule has 0 radical (unpaired) electrons. The first-order chi connectivity index (χ1) is 9.01. The van der Waals surface area contributed by atoms with Crippen molar-refractivity contribution in [2.24, 2.45) is 0 Å². The minimum atomic E-state index is -1.93. The maximum Gasteiger partial charge on any atom is 0.192 e. The summed E-state index contributed by atoms with van der Waals surface area (Å²) in [6.45, 7) is 18.8. The smallest absolute Gasteiger partial charge is 0.192 e. The summed E-state index contributed by atoms with van der Waals surface area (Å²) in [7, 11) is -1.93. The van der Waals surface area contributed by atoms with Gasteiger partial charge < -0.3 is 9.22 Å². The van der Waals surface area contributed by atoms with Gasteiger partial charge in [0, 0.05) is 12.0 Å². The molecule has 0 saturated carbocycles. The molecule has 0 amide bonds. The number of hydrogen-bond donors (Lipinski definition) is 0. The van der Waals surface area contributed by atoms with E-state index in [1.807, 2.05) is 19.9 Å². The van der Waals surface area contributed by atoms with Crippen molar-refractivity contribution in [1.82, 2.24) is 0 Å². The van der Waals surface area contributed by atoms with E-state index in [0.717, 1.165) is 11.9 Å². The van der Waals surface area contributed by atoms with Crippen molar-refractivity contribution < 1.29 is 9.22 Å². The van der Waals surface area contributed by atoms with E-state index in [-0.39, 0.29) is 11.1 Å². The Bertz CT molecular complexity index is 438. The molecule has 0 aliphatic heterocycles. The van der Waals surface area contributed by atoms with Crippen LogP contribution in [0.2, 0.25) is 18.1 Å². The van der Waals surface area contributed by atoms with Gasteiger partial charge in [-0.25, -0.2) is 0 Å². The fourth-order valence-corrected chi connectivity index (χ4v) is 2.54. The van der Waals surface area contributed by atoms with Gasteiger partial charge in [0.2, 0.25) is 0 Å². The lowest BCUT2D eigenvalue weighted by Gasteiger charge is -2.39. The minimum absolute atomic E-state index is 0.0990. The number of carbonyl (C=O) groups excluding carboxylic acids is 1. The van der Waals surface area contributed by atoms with Crippen LogP contribution in [-0.4, -0.2) is 20.7 Å². The first-order valence-corrected chi connectivity index (χ1v) is 9.87. The van der Waals surface area contributed by atoms with Crippen molar-refractivity contribution in [1.29, 1.82) is 0 Å². The molecule has 0 N–H and O–H groups in total. The summed E-state index contributed by atoms with van der Waals surface area (Å²) < 4.78 is 6.25. The zero-order valence-electron chi connectivity index (χ0n) is 14.0. The molecule has 2 nitrogen and oxygen atoms in total. The molecule has 0 aliphatic rings. The van der Waals surface area contributed by atoms with Crippen LogP contribution in [-0.2, 0) is 9.22 Å². The molecule has 112 valence electrons. The predicted molar refractivity (Wildman–Crippen MR) is 89.1 cm³/mol. The van der Waals surface area contributed by atoms with Crippen LogP contribution < -0.4 is 0 Å². The SMILES string of the molecule is C=C(C#CC=C(C)C)[C@H](CC=O)O[Si](C)(C)C(C)(C)C. The standard InChI is InChI=1S/C17H28O2Si/c1-14(2)10-9-11-15(3)16(12-13-18)19-20(7,8)17(4,5)6/h10,13,16H,3,12H2,1-2,4-8H3/t16-/m0/s1. The van der Waals surface area contributed by atoms with Gasteiger partial charge in [-0.2, -0.15) is 0 Å². The Kier molecular flexibility index (Phi) is 7.19. The summed E-state index contributed by atoms with van der Waals surface area (Å²) in [5, 5.41) is 0.0990. The topological polar surface area (TPSA) is 26.3 Å². The molecule has 0 heterocycles. The molecular weight excluding hydrogens is 264 g/mol. The predicted octanol–water partition coefficient (Wildman–Crippen LogP) is 4.49. The van der Waals surface area contributed by atoms with Gasteiger partial charge in [-0.05, 0) is 38.1 Å². The third-order valence-electron chi connectivity index (χ3n) is 3.54. The molecule has 0 saturated heterocycles. The van der Waals surface area contributed by atoms with E-state index in [1.165, 1.54) is 0 Å². The van der Waals surface area contributed by atoms with Crippen LogP contribution in [0, 0.1) is 11.8 Å². The third kappa shape index (κ3) is 6.36. The molecule has 1 atom stereocenters. The highest BCUT2D eigenvalue weighted by Gasteiger charge is 2.39. The maximum absolute atomic E-state index is 10.9. The second kappa shape index (κ2) is 7.61. The fourth-order valence-electron chi connectivity index (χ4n) is 1.23. The van der Waals surface area contributed by atoms with E-state index >= 15 is 0 Å². The highest BCUT2D eigenvalue weighted by Crippen LogP contribution is 2.38. The number of allylic oxidation sites excluding steroid dienone is 2. The number of rotatable bonds is 5. The Morgan fingerprint density at radius 2 is 1.90 bits per heavy atom. The zero-order valence-corrected chi connectivity index (χ0v) is 15.0. The Morgan fingerprint density at radius 3 is 2.30 bits per heavy atom. The van der Waals surface area contributed by atoms with Crippen molar-refractivity contribution in [3.8, 4) is 11.8 Å². The average molecular weight is 292 g/mol. The van der Waals surface area contributed by atoms with E-state index in [4.69, 9.17) is 4.43 Å². The van der Waals surface area contributed by atoms with E-state index in [2.05, 4.69) is 52.3 Å². The fraction of sp³-hybridized carbons (Fsp3) is 0.588. The van der Waals surface area contributed by atoms with Crippen LogP contribution in [0.25, 0.3) is 0 Å². The van der Waals surface area contributed by atoms with Gasteiger partial charge in [-0.3, -0.25) is 0 Å². The van der Waals surface area contributed by atoms with Gasteiger partial charge in [0.1, 0.15) is 6.29 Å². The number of hydrogen-bond acceptors (Lipinski definition) is 2. The first-order valence-electron chi connectivity index (χ1n) is 6.96. The Morgan fingerprint density at radius 1 is 1.35 bits per heavy atom. The van der Waals surface area contributed by atoms with Gasteiger partial charge >= 0.3 is 0 Å². The van der Waals surface area contributed by atoms with Crippen molar-refractivity contribution in [2.75, 3.05) is 0 Å². The Balaban J connectivity index is 5.06. The van der Waals surface area contributed by atoms with Crippen LogP contribution in [0.1, 0.15) is 41.0 Å². The van der Waals surface area contributed by atoms with Crippen LogP contribution >= 0.6 is 0 Å². The maximum atomic E-state index is 10.9. The van der Waals surface area contributed by atoms with Crippen molar-refractivity contribution in [3.63, 3.8) is 0 Å². The molecule has 0 bridgehead atoms. The molecule has 0 aromatic heterocycles. The lowest BCUT2D eigenvalue weighted by Crippen LogP contribution is -2.44. The van der Waals surface area contributed by atoms with Crippen LogP contribution in [0.4, 0.5) is 0 Å². The number of carbonyl (C=O) groups is 1. The monoisotopic (exact) mass is 292 g/mol. The average Bonchev–Trinajstić information content (AvgIpc) is 2.25. The Hall–Kier alpha value is -1.11. The summed E-state index contributed by atoms with van der Waals surface area (Å²) >= 11 is 0. The summed E-state index contributed by atoms with van der Waals surface area (Å²) in [6, 6.07) is 0. The van der Waals surface area contributed by atoms with E-state index < -0.39 is 8.32 Å². The van der Waals surface area contributed by atoms with Crippen LogP contribution in [0.5, 0.6) is 0 Å². The van der Waals surface area contributed by atoms with Crippen molar-refractivity contribution in [3.05, 3.63) is 23.8 Å². The van der Waals surface area contributed by atoms with Gasteiger partial charge in [-0.15, -0.1) is 0 Å². The second-order valence-electron chi connectivity index (χ2n) is 6.79. The highest BCUT2D eigenvalue weighted by atomic mass is 28.4.